The van der Waals surface area contributed by atoms with E-state index in [1.807, 2.05) is 0 Å². The first-order valence-corrected chi connectivity index (χ1v) is 9.95. The van der Waals surface area contributed by atoms with Gasteiger partial charge in [-0.25, -0.2) is 0 Å². The zero-order valence-corrected chi connectivity index (χ0v) is 16.2. The first-order chi connectivity index (χ1) is 14.3. The number of hydrogen-bond donors (Lipinski definition) is 1. The van der Waals surface area contributed by atoms with Gasteiger partial charge < -0.3 is 0 Å². The Morgan fingerprint density at radius 2 is 0.613 bits per heavy atom. The molecule has 0 saturated heterocycles. The molecule has 3 aromatic carbocycles. The molecule has 0 unspecified atom stereocenters. The molecule has 166 valence electrons. The second-order valence-corrected chi connectivity index (χ2v) is 8.50. The van der Waals surface area contributed by atoms with E-state index in [0.717, 1.165) is 54.6 Å². The Kier molecular flexibility index (Phi) is 6.05. The maximum atomic E-state index is 13.7. The summed E-state index contributed by atoms with van der Waals surface area (Å²) in [6, 6.07) is 11.3. The summed E-state index contributed by atoms with van der Waals surface area (Å²) < 4.78 is 123. The fourth-order valence-corrected chi connectivity index (χ4v) is 5.92. The maximum Gasteiger partial charge on any atom is 0.417 e. The second-order valence-electron chi connectivity index (χ2n) is 6.38. The molecular weight excluding hydrogens is 455 g/mol. The Morgan fingerprint density at radius 3 is 0.839 bits per heavy atom. The van der Waals surface area contributed by atoms with Gasteiger partial charge in [0.25, 0.3) is 0 Å². The van der Waals surface area contributed by atoms with Gasteiger partial charge in [0.2, 0.25) is 0 Å². The quantitative estimate of drug-likeness (QED) is 0.291. The summed E-state index contributed by atoms with van der Waals surface area (Å²) in [5.41, 5.74) is -3.85. The van der Waals surface area contributed by atoms with Gasteiger partial charge in [0.05, 0.1) is 16.7 Å². The first-order valence-electron chi connectivity index (χ1n) is 8.60. The Hall–Kier alpha value is -2.62. The van der Waals surface area contributed by atoms with Crippen molar-refractivity contribution in [2.45, 2.75) is 33.2 Å². The van der Waals surface area contributed by atoms with Crippen molar-refractivity contribution < 1.29 is 39.5 Å². The van der Waals surface area contributed by atoms with E-state index in [1.165, 1.54) is 0 Å². The highest BCUT2D eigenvalue weighted by atomic mass is 32.2. The minimum atomic E-state index is -4.97. The van der Waals surface area contributed by atoms with Crippen molar-refractivity contribution in [1.29, 1.82) is 0 Å². The third kappa shape index (κ3) is 4.84. The third-order valence-electron chi connectivity index (χ3n) is 4.35. The normalized spacial score (nSPS) is 13.3. The topological polar surface area (TPSA) is 0 Å². The van der Waals surface area contributed by atoms with Gasteiger partial charge in [0.1, 0.15) is 0 Å². The molecular formula is C21H13F9S. The molecule has 3 aromatic rings. The van der Waals surface area contributed by atoms with Crippen LogP contribution in [0.25, 0.3) is 0 Å². The van der Waals surface area contributed by atoms with Crippen LogP contribution < -0.4 is 0 Å². The van der Waals surface area contributed by atoms with Gasteiger partial charge in [0, 0.05) is 14.7 Å². The van der Waals surface area contributed by atoms with E-state index >= 15 is 0 Å². The summed E-state index contributed by atoms with van der Waals surface area (Å²) in [4.78, 5) is -1.92. The van der Waals surface area contributed by atoms with Crippen LogP contribution in [-0.2, 0) is 18.5 Å². The van der Waals surface area contributed by atoms with Crippen molar-refractivity contribution in [1.82, 2.24) is 0 Å². The fraction of sp³-hybridized carbons (Fsp3) is 0.143. The highest BCUT2D eigenvalue weighted by Gasteiger charge is 2.41. The van der Waals surface area contributed by atoms with Crippen molar-refractivity contribution >= 4 is 10.9 Å². The SMILES string of the molecule is FC(F)(F)c1ccccc1[SH](c1ccccc1C(F)(F)F)c1ccccc1C(F)(F)F. The predicted octanol–water partition coefficient (Wildman–Crippen LogP) is 8.22. The van der Waals surface area contributed by atoms with Gasteiger partial charge in [-0.3, -0.25) is 0 Å². The summed E-state index contributed by atoms with van der Waals surface area (Å²) in [6.45, 7) is 0. The zero-order valence-electron chi connectivity index (χ0n) is 15.3. The number of hydrogen-bond acceptors (Lipinski definition) is 0. The van der Waals surface area contributed by atoms with Crippen LogP contribution in [0.2, 0.25) is 0 Å². The molecule has 0 fully saturated rings. The smallest absolute Gasteiger partial charge is 0.171 e. The van der Waals surface area contributed by atoms with Crippen molar-refractivity contribution in [2.24, 2.45) is 0 Å². The van der Waals surface area contributed by atoms with Crippen molar-refractivity contribution in [3.05, 3.63) is 89.5 Å². The number of halogens is 9. The molecule has 0 atom stereocenters. The van der Waals surface area contributed by atoms with E-state index in [9.17, 15) is 39.5 Å². The molecule has 0 aromatic heterocycles. The average Bonchev–Trinajstić information content (AvgIpc) is 2.67. The van der Waals surface area contributed by atoms with E-state index in [1.54, 1.807) is 0 Å². The lowest BCUT2D eigenvalue weighted by Crippen LogP contribution is -2.13. The lowest BCUT2D eigenvalue weighted by molar-refractivity contribution is -0.140. The molecule has 0 N–H and O–H groups in total. The molecule has 0 aliphatic rings. The van der Waals surface area contributed by atoms with Gasteiger partial charge in [0.15, 0.2) is 0 Å². The molecule has 0 aliphatic heterocycles. The van der Waals surface area contributed by atoms with E-state index in [0.29, 0.717) is 18.2 Å². The van der Waals surface area contributed by atoms with Gasteiger partial charge in [-0.15, -0.1) is 0 Å². The van der Waals surface area contributed by atoms with Crippen LogP contribution in [0, 0.1) is 0 Å². The van der Waals surface area contributed by atoms with Gasteiger partial charge in [-0.05, 0) is 36.4 Å². The van der Waals surface area contributed by atoms with Crippen LogP contribution in [0.3, 0.4) is 0 Å². The number of alkyl halides is 9. The maximum absolute atomic E-state index is 13.7. The molecule has 0 aliphatic carbocycles. The molecule has 0 bridgehead atoms. The summed E-state index contributed by atoms with van der Waals surface area (Å²) in [5, 5.41) is 0. The number of benzene rings is 3. The van der Waals surface area contributed by atoms with E-state index in [4.69, 9.17) is 0 Å². The Bertz CT molecular complexity index is 928. The van der Waals surface area contributed by atoms with Crippen molar-refractivity contribution in [2.75, 3.05) is 0 Å². The summed E-state index contributed by atoms with van der Waals surface area (Å²) in [7, 11) is -2.86. The van der Waals surface area contributed by atoms with Crippen molar-refractivity contribution in [3.8, 4) is 0 Å². The lowest BCUT2D eigenvalue weighted by Gasteiger charge is -2.30. The van der Waals surface area contributed by atoms with Crippen molar-refractivity contribution in [3.63, 3.8) is 0 Å². The summed E-state index contributed by atoms with van der Waals surface area (Å²) in [5.74, 6) is 0. The minimum Gasteiger partial charge on any atom is -0.171 e. The van der Waals surface area contributed by atoms with Gasteiger partial charge in [-0.1, -0.05) is 36.4 Å². The highest BCUT2D eigenvalue weighted by Crippen LogP contribution is 2.59. The molecule has 0 amide bonds. The van der Waals surface area contributed by atoms with E-state index < -0.39 is 60.8 Å². The van der Waals surface area contributed by atoms with Crippen LogP contribution in [0.5, 0.6) is 0 Å². The standard InChI is InChI=1S/C21H13F9S/c22-19(23,24)13-7-1-4-10-16(13)31(17-11-5-2-8-14(17)20(25,26)27)18-12-6-3-9-15(18)21(28,29)30/h1-12,31H. The molecule has 0 radical (unpaired) electrons. The molecule has 0 saturated carbocycles. The van der Waals surface area contributed by atoms with Crippen LogP contribution >= 0.6 is 10.9 Å². The minimum absolute atomic E-state index is 0.640. The predicted molar refractivity (Wildman–Crippen MR) is 98.1 cm³/mol. The molecule has 3 rings (SSSR count). The molecule has 0 heterocycles. The average molecular weight is 468 g/mol. The van der Waals surface area contributed by atoms with E-state index in [-0.39, 0.29) is 0 Å². The van der Waals surface area contributed by atoms with Crippen LogP contribution in [0.15, 0.2) is 87.5 Å². The van der Waals surface area contributed by atoms with Crippen LogP contribution in [0.4, 0.5) is 39.5 Å². The highest BCUT2D eigenvalue weighted by molar-refractivity contribution is 8.17. The lowest BCUT2D eigenvalue weighted by atomic mass is 10.2. The summed E-state index contributed by atoms with van der Waals surface area (Å²) in [6.07, 6.45) is -14.9. The molecule has 31 heavy (non-hydrogen) atoms. The number of rotatable bonds is 3. The molecule has 10 heteroatoms. The third-order valence-corrected chi connectivity index (χ3v) is 6.97. The molecule has 0 spiro atoms. The zero-order chi connectivity index (χ0) is 23.0. The van der Waals surface area contributed by atoms with Crippen LogP contribution in [-0.4, -0.2) is 0 Å². The monoisotopic (exact) mass is 468 g/mol. The largest absolute Gasteiger partial charge is 0.417 e. The van der Waals surface area contributed by atoms with Gasteiger partial charge in [-0.2, -0.15) is 50.4 Å². The Labute approximate surface area is 173 Å². The van der Waals surface area contributed by atoms with E-state index in [2.05, 4.69) is 0 Å². The Morgan fingerprint density at radius 1 is 0.387 bits per heavy atom. The second kappa shape index (κ2) is 8.14. The number of thiol groups is 1. The summed E-state index contributed by atoms with van der Waals surface area (Å²) >= 11 is 0. The fourth-order valence-electron chi connectivity index (χ4n) is 3.11. The van der Waals surface area contributed by atoms with Gasteiger partial charge >= 0.3 is 18.5 Å². The molecule has 0 nitrogen and oxygen atoms in total. The first kappa shape index (κ1) is 23.1. The Balaban J connectivity index is 2.44. The van der Waals surface area contributed by atoms with Crippen LogP contribution in [0.1, 0.15) is 16.7 Å².